The van der Waals surface area contributed by atoms with Gasteiger partial charge in [0.05, 0.1) is 12.2 Å². The number of hydrogen-bond acceptors (Lipinski definition) is 2. The Hall–Kier alpha value is -2.98. The van der Waals surface area contributed by atoms with Gasteiger partial charge in [0.15, 0.2) is 5.78 Å². The van der Waals surface area contributed by atoms with E-state index >= 15 is 0 Å². The van der Waals surface area contributed by atoms with Crippen LogP contribution < -0.4 is 5.56 Å². The fourth-order valence-electron chi connectivity index (χ4n) is 3.71. The number of fused-ring (bicyclic) bond motifs is 1. The zero-order valence-electron chi connectivity index (χ0n) is 16.3. The van der Waals surface area contributed by atoms with Crippen molar-refractivity contribution in [3.8, 4) is 11.1 Å². The molecule has 1 heterocycles. The molecular weight excluding hydrogens is 426 g/mol. The van der Waals surface area contributed by atoms with Crippen molar-refractivity contribution in [3.63, 3.8) is 0 Å². The van der Waals surface area contributed by atoms with Crippen molar-refractivity contribution in [3.05, 3.63) is 104 Å². The van der Waals surface area contributed by atoms with Crippen LogP contribution in [-0.2, 0) is 6.54 Å². The summed E-state index contributed by atoms with van der Waals surface area (Å²) >= 11 is 3.51. The number of nitrogens with zero attached hydrogens (tertiary/aromatic N) is 1. The van der Waals surface area contributed by atoms with Crippen LogP contribution in [0.25, 0.3) is 21.9 Å². The van der Waals surface area contributed by atoms with Crippen molar-refractivity contribution < 1.29 is 4.79 Å². The van der Waals surface area contributed by atoms with Gasteiger partial charge in [0.25, 0.3) is 5.56 Å². The molecule has 0 amide bonds. The lowest BCUT2D eigenvalue weighted by Crippen LogP contribution is -2.27. The van der Waals surface area contributed by atoms with Crippen LogP contribution in [0.5, 0.6) is 0 Å². The summed E-state index contributed by atoms with van der Waals surface area (Å²) in [7, 11) is 0. The van der Waals surface area contributed by atoms with Crippen molar-refractivity contribution in [2.45, 2.75) is 20.4 Å². The SMILES string of the molecule is CC(=O)c1c(-c2ccccc2)c2cc(Br)ccc2c(=O)n1Cc1ccc(C)cc1. The van der Waals surface area contributed by atoms with E-state index in [0.717, 1.165) is 32.1 Å². The molecule has 3 aromatic carbocycles. The van der Waals surface area contributed by atoms with Gasteiger partial charge in [-0.3, -0.25) is 14.2 Å². The molecule has 0 radical (unpaired) electrons. The lowest BCUT2D eigenvalue weighted by Gasteiger charge is -2.19. The Bertz CT molecular complexity index is 1270. The fourth-order valence-corrected chi connectivity index (χ4v) is 4.07. The minimum absolute atomic E-state index is 0.130. The number of carbonyl (C=O) groups excluding carboxylic acids is 1. The van der Waals surface area contributed by atoms with E-state index in [0.29, 0.717) is 17.6 Å². The Morgan fingerprint density at radius 3 is 2.28 bits per heavy atom. The maximum Gasteiger partial charge on any atom is 0.259 e. The van der Waals surface area contributed by atoms with E-state index in [1.807, 2.05) is 79.7 Å². The van der Waals surface area contributed by atoms with Gasteiger partial charge < -0.3 is 0 Å². The number of Topliss-reactive ketones (excluding diaryl/α,β-unsaturated/α-hetero) is 1. The van der Waals surface area contributed by atoms with Crippen LogP contribution in [0.3, 0.4) is 0 Å². The quantitative estimate of drug-likeness (QED) is 0.361. The van der Waals surface area contributed by atoms with Crippen molar-refractivity contribution in [1.82, 2.24) is 4.57 Å². The van der Waals surface area contributed by atoms with Crippen molar-refractivity contribution in [1.29, 1.82) is 0 Å². The second kappa shape index (κ2) is 7.80. The fraction of sp³-hybridized carbons (Fsp3) is 0.120. The van der Waals surface area contributed by atoms with Gasteiger partial charge in [-0.2, -0.15) is 0 Å². The largest absolute Gasteiger partial charge is 0.300 e. The van der Waals surface area contributed by atoms with Crippen LogP contribution in [0.4, 0.5) is 0 Å². The number of carbonyl (C=O) groups is 1. The third kappa shape index (κ3) is 3.68. The highest BCUT2D eigenvalue weighted by molar-refractivity contribution is 9.10. The molecule has 0 unspecified atom stereocenters. The number of ketones is 1. The van der Waals surface area contributed by atoms with E-state index in [1.165, 1.54) is 6.92 Å². The van der Waals surface area contributed by atoms with Crippen LogP contribution in [0.15, 0.2) is 82.1 Å². The normalized spacial score (nSPS) is 11.0. The minimum atomic E-state index is -0.155. The molecule has 0 aliphatic heterocycles. The van der Waals surface area contributed by atoms with Crippen LogP contribution >= 0.6 is 15.9 Å². The highest BCUT2D eigenvalue weighted by Crippen LogP contribution is 2.33. The van der Waals surface area contributed by atoms with Gasteiger partial charge >= 0.3 is 0 Å². The smallest absolute Gasteiger partial charge is 0.259 e. The molecule has 0 N–H and O–H groups in total. The first-order chi connectivity index (χ1) is 14.0. The second-order valence-corrected chi connectivity index (χ2v) is 8.13. The number of hydrogen-bond donors (Lipinski definition) is 0. The van der Waals surface area contributed by atoms with Gasteiger partial charge in [0.2, 0.25) is 0 Å². The molecule has 0 bridgehead atoms. The highest BCUT2D eigenvalue weighted by Gasteiger charge is 2.21. The Balaban J connectivity index is 2.10. The molecule has 0 aliphatic rings. The number of pyridine rings is 1. The van der Waals surface area contributed by atoms with E-state index in [4.69, 9.17) is 0 Å². The second-order valence-electron chi connectivity index (χ2n) is 7.21. The topological polar surface area (TPSA) is 39.1 Å². The first kappa shape index (κ1) is 19.3. The van der Waals surface area contributed by atoms with Crippen LogP contribution in [0.2, 0.25) is 0 Å². The molecule has 4 heteroatoms. The predicted molar refractivity (Wildman–Crippen MR) is 122 cm³/mol. The van der Waals surface area contributed by atoms with E-state index in [2.05, 4.69) is 15.9 Å². The lowest BCUT2D eigenvalue weighted by molar-refractivity contribution is 0.100. The number of halogens is 1. The summed E-state index contributed by atoms with van der Waals surface area (Å²) in [6.07, 6.45) is 0. The van der Waals surface area contributed by atoms with Crippen molar-refractivity contribution in [2.24, 2.45) is 0 Å². The summed E-state index contributed by atoms with van der Waals surface area (Å²) in [6.45, 7) is 3.90. The Labute approximate surface area is 177 Å². The average molecular weight is 446 g/mol. The van der Waals surface area contributed by atoms with E-state index < -0.39 is 0 Å². The predicted octanol–water partition coefficient (Wildman–Crippen LogP) is 5.99. The summed E-state index contributed by atoms with van der Waals surface area (Å²) in [4.78, 5) is 26.2. The monoisotopic (exact) mass is 445 g/mol. The molecule has 144 valence electrons. The first-order valence-electron chi connectivity index (χ1n) is 9.43. The molecule has 0 saturated heterocycles. The molecular formula is C25H20BrNO2. The minimum Gasteiger partial charge on any atom is -0.300 e. The maximum atomic E-state index is 13.4. The summed E-state index contributed by atoms with van der Waals surface area (Å²) in [5.41, 5.74) is 4.13. The number of aryl methyl sites for hydroxylation is 1. The van der Waals surface area contributed by atoms with Gasteiger partial charge in [0.1, 0.15) is 0 Å². The number of aromatic nitrogens is 1. The summed E-state index contributed by atoms with van der Waals surface area (Å²) in [5.74, 6) is -0.130. The zero-order chi connectivity index (χ0) is 20.5. The molecule has 3 nitrogen and oxygen atoms in total. The molecule has 29 heavy (non-hydrogen) atoms. The third-order valence-electron chi connectivity index (χ3n) is 5.09. The van der Waals surface area contributed by atoms with Gasteiger partial charge in [0, 0.05) is 22.3 Å². The van der Waals surface area contributed by atoms with E-state index in [-0.39, 0.29) is 11.3 Å². The molecule has 0 atom stereocenters. The Morgan fingerprint density at radius 1 is 0.931 bits per heavy atom. The van der Waals surface area contributed by atoms with Gasteiger partial charge in [-0.25, -0.2) is 0 Å². The molecule has 4 rings (SSSR count). The summed E-state index contributed by atoms with van der Waals surface area (Å²) < 4.78 is 2.48. The van der Waals surface area contributed by atoms with Crippen molar-refractivity contribution in [2.75, 3.05) is 0 Å². The lowest BCUT2D eigenvalue weighted by atomic mass is 9.95. The average Bonchev–Trinajstić information content (AvgIpc) is 2.71. The third-order valence-corrected chi connectivity index (χ3v) is 5.58. The van der Waals surface area contributed by atoms with Gasteiger partial charge in [-0.1, -0.05) is 76.1 Å². The molecule has 0 aliphatic carbocycles. The van der Waals surface area contributed by atoms with Gasteiger partial charge in [-0.15, -0.1) is 0 Å². The molecule has 0 fully saturated rings. The molecule has 0 saturated carbocycles. The molecule has 4 aromatic rings. The number of benzene rings is 3. The summed E-state index contributed by atoms with van der Waals surface area (Å²) in [6, 6.07) is 23.4. The molecule has 0 spiro atoms. The van der Waals surface area contributed by atoms with Crippen LogP contribution in [-0.4, -0.2) is 10.4 Å². The Morgan fingerprint density at radius 2 is 1.62 bits per heavy atom. The van der Waals surface area contributed by atoms with E-state index in [1.54, 1.807) is 4.57 Å². The van der Waals surface area contributed by atoms with Crippen LogP contribution in [0, 0.1) is 6.92 Å². The zero-order valence-corrected chi connectivity index (χ0v) is 17.9. The van der Waals surface area contributed by atoms with Crippen molar-refractivity contribution >= 4 is 32.5 Å². The Kier molecular flexibility index (Phi) is 5.20. The summed E-state index contributed by atoms with van der Waals surface area (Å²) in [5, 5.41) is 1.38. The van der Waals surface area contributed by atoms with Gasteiger partial charge in [-0.05, 0) is 41.6 Å². The molecule has 1 aromatic heterocycles. The first-order valence-corrected chi connectivity index (χ1v) is 10.2. The number of rotatable bonds is 4. The van der Waals surface area contributed by atoms with E-state index in [9.17, 15) is 9.59 Å². The maximum absolute atomic E-state index is 13.4. The standard InChI is InChI=1S/C25H20BrNO2/c1-16-8-10-18(11-9-16)15-27-24(17(2)28)23(19-6-4-3-5-7-19)22-14-20(26)12-13-21(22)25(27)29/h3-14H,15H2,1-2H3. The van der Waals surface area contributed by atoms with Crippen LogP contribution in [0.1, 0.15) is 28.5 Å². The highest BCUT2D eigenvalue weighted by atomic mass is 79.9.